The molecule has 0 radical (unpaired) electrons. The summed E-state index contributed by atoms with van der Waals surface area (Å²) in [6.45, 7) is 1.86. The predicted octanol–water partition coefficient (Wildman–Crippen LogP) is 2.06. The molecule has 33 heavy (non-hydrogen) atoms. The molecule has 1 saturated heterocycles. The van der Waals surface area contributed by atoms with Crippen LogP contribution in [0.15, 0.2) is 29.4 Å². The van der Waals surface area contributed by atoms with Crippen LogP contribution < -0.4 is 15.8 Å². The largest absolute Gasteiger partial charge is 0.480 e. The van der Waals surface area contributed by atoms with Gasteiger partial charge >= 0.3 is 0 Å². The molecule has 176 valence electrons. The zero-order chi connectivity index (χ0) is 24.2. The standard InChI is InChI=1S/C21H23F2N5O4S/c1-11-17(25-9-16(26-11)32-3)18(29)27-12-4-5-14(23)13(8-12)20(2)15-6-7-21(10-22,19(24)28-20)33(15,30)31/h4-5,8-9,15H,6-7,10H2,1-3H3,(H2,24,28)(H,27,29)/t15-,20+,21-/m0/s1. The van der Waals surface area contributed by atoms with Gasteiger partial charge in [-0.25, -0.2) is 27.2 Å². The Kier molecular flexibility index (Phi) is 5.38. The molecule has 0 saturated carbocycles. The minimum atomic E-state index is -4.07. The van der Waals surface area contributed by atoms with E-state index in [-0.39, 0.29) is 41.5 Å². The molecule has 1 aromatic carbocycles. The predicted molar refractivity (Wildman–Crippen MR) is 117 cm³/mol. The highest BCUT2D eigenvalue weighted by atomic mass is 32.2. The van der Waals surface area contributed by atoms with Crippen molar-refractivity contribution >= 4 is 27.3 Å². The van der Waals surface area contributed by atoms with Gasteiger partial charge in [0.25, 0.3) is 5.91 Å². The number of anilines is 1. The van der Waals surface area contributed by atoms with E-state index in [1.54, 1.807) is 6.92 Å². The number of hydrogen-bond acceptors (Lipinski definition) is 8. The third kappa shape index (κ3) is 3.26. The Balaban J connectivity index is 1.73. The Labute approximate surface area is 189 Å². The first kappa shape index (κ1) is 23.0. The number of nitrogens with one attached hydrogen (secondary N) is 1. The third-order valence-corrected chi connectivity index (χ3v) is 9.57. The van der Waals surface area contributed by atoms with Gasteiger partial charge in [0.15, 0.2) is 14.6 Å². The van der Waals surface area contributed by atoms with E-state index in [1.807, 2.05) is 0 Å². The topological polar surface area (TPSA) is 137 Å². The molecule has 0 aliphatic carbocycles. The smallest absolute Gasteiger partial charge is 0.276 e. The van der Waals surface area contributed by atoms with E-state index in [0.717, 1.165) is 6.07 Å². The van der Waals surface area contributed by atoms with E-state index >= 15 is 0 Å². The fraction of sp³-hybridized carbons (Fsp3) is 0.429. The summed E-state index contributed by atoms with van der Waals surface area (Å²) in [7, 11) is -2.65. The van der Waals surface area contributed by atoms with Crippen molar-refractivity contribution in [3.05, 3.63) is 47.2 Å². The second-order valence-electron chi connectivity index (χ2n) is 8.34. The zero-order valence-electron chi connectivity index (χ0n) is 18.2. The zero-order valence-corrected chi connectivity index (χ0v) is 19.0. The average Bonchev–Trinajstić information content (AvgIpc) is 2.98. The summed E-state index contributed by atoms with van der Waals surface area (Å²) in [5, 5.41) is 1.47. The van der Waals surface area contributed by atoms with Gasteiger partial charge in [0.05, 0.1) is 24.3 Å². The number of carbonyl (C=O) groups is 1. The highest BCUT2D eigenvalue weighted by molar-refractivity contribution is 7.94. The van der Waals surface area contributed by atoms with E-state index in [9.17, 15) is 22.0 Å². The molecular weight excluding hydrogens is 456 g/mol. The molecule has 1 aromatic heterocycles. The molecule has 2 bridgehead atoms. The molecule has 9 nitrogen and oxygen atoms in total. The summed E-state index contributed by atoms with van der Waals surface area (Å²) in [5.41, 5.74) is 4.86. The Morgan fingerprint density at radius 2 is 2.12 bits per heavy atom. The molecule has 2 aliphatic heterocycles. The van der Waals surface area contributed by atoms with Crippen molar-refractivity contribution in [1.29, 1.82) is 0 Å². The molecule has 12 heteroatoms. The van der Waals surface area contributed by atoms with Crippen LogP contribution in [-0.4, -0.2) is 53.9 Å². The SMILES string of the molecule is COc1cnc(C(=O)Nc2ccc(F)c([C@@]3(C)N=C(N)[C@@]4(CF)CC[C@@H]3S4(=O)=O)c2)c(C)n1. The van der Waals surface area contributed by atoms with Gasteiger partial charge in [-0.2, -0.15) is 0 Å². The second-order valence-corrected chi connectivity index (χ2v) is 10.8. The first-order chi connectivity index (χ1) is 15.5. The lowest BCUT2D eigenvalue weighted by Crippen LogP contribution is -2.58. The molecule has 3 heterocycles. The van der Waals surface area contributed by atoms with Crippen LogP contribution in [0.1, 0.15) is 41.5 Å². The number of amidine groups is 1. The van der Waals surface area contributed by atoms with Gasteiger partial charge in [-0.3, -0.25) is 9.79 Å². The molecular formula is C21H23F2N5O4S. The fourth-order valence-corrected chi connectivity index (χ4v) is 7.27. The number of aryl methyl sites for hydroxylation is 1. The Bertz CT molecular complexity index is 1290. The molecule has 4 rings (SSSR count). The number of sulfone groups is 1. The lowest BCUT2D eigenvalue weighted by atomic mass is 9.86. The summed E-state index contributed by atoms with van der Waals surface area (Å²) in [6, 6.07) is 3.75. The van der Waals surface area contributed by atoms with Gasteiger partial charge in [-0.1, -0.05) is 0 Å². The monoisotopic (exact) mass is 479 g/mol. The van der Waals surface area contributed by atoms with Crippen molar-refractivity contribution in [3.8, 4) is 5.88 Å². The van der Waals surface area contributed by atoms with Gasteiger partial charge in [0, 0.05) is 11.3 Å². The summed E-state index contributed by atoms with van der Waals surface area (Å²) < 4.78 is 58.2. The van der Waals surface area contributed by atoms with Crippen molar-refractivity contribution in [2.24, 2.45) is 10.7 Å². The number of nitrogens with two attached hydrogens (primary N) is 1. The quantitative estimate of drug-likeness (QED) is 0.670. The van der Waals surface area contributed by atoms with Crippen LogP contribution in [-0.2, 0) is 15.4 Å². The molecule has 1 fully saturated rings. The van der Waals surface area contributed by atoms with Gasteiger partial charge in [-0.05, 0) is 44.9 Å². The van der Waals surface area contributed by atoms with Crippen LogP contribution in [0.2, 0.25) is 0 Å². The Hall–Kier alpha value is -3.15. The minimum Gasteiger partial charge on any atom is -0.480 e. The van der Waals surface area contributed by atoms with E-state index in [2.05, 4.69) is 20.3 Å². The Morgan fingerprint density at radius 1 is 1.39 bits per heavy atom. The van der Waals surface area contributed by atoms with Gasteiger partial charge in [-0.15, -0.1) is 0 Å². The molecule has 1 amide bonds. The van der Waals surface area contributed by atoms with Crippen molar-refractivity contribution < 1.29 is 26.7 Å². The number of amides is 1. The number of benzene rings is 1. The van der Waals surface area contributed by atoms with E-state index in [1.165, 1.54) is 32.4 Å². The maximum Gasteiger partial charge on any atom is 0.276 e. The summed E-state index contributed by atoms with van der Waals surface area (Å²) in [6.07, 6.45) is 1.36. The number of fused-ring (bicyclic) bond motifs is 2. The molecule has 3 N–H and O–H groups in total. The molecule has 2 aromatic rings. The van der Waals surface area contributed by atoms with Crippen LogP contribution in [0.4, 0.5) is 14.5 Å². The number of methoxy groups -OCH3 is 1. The minimum absolute atomic E-state index is 0.0190. The number of rotatable bonds is 5. The second kappa shape index (κ2) is 7.72. The number of carbonyl (C=O) groups excluding carboxylic acids is 1. The van der Waals surface area contributed by atoms with Crippen LogP contribution in [0.3, 0.4) is 0 Å². The fourth-order valence-electron chi connectivity index (χ4n) is 4.62. The summed E-state index contributed by atoms with van der Waals surface area (Å²) >= 11 is 0. The van der Waals surface area contributed by atoms with Gasteiger partial charge in [0.1, 0.15) is 29.6 Å². The van der Waals surface area contributed by atoms with Crippen LogP contribution >= 0.6 is 0 Å². The maximum atomic E-state index is 15.0. The van der Waals surface area contributed by atoms with Crippen molar-refractivity contribution in [2.75, 3.05) is 19.1 Å². The molecule has 0 unspecified atom stereocenters. The van der Waals surface area contributed by atoms with Crippen molar-refractivity contribution in [2.45, 2.75) is 42.2 Å². The third-order valence-electron chi connectivity index (χ3n) is 6.51. The molecule has 0 spiro atoms. The summed E-state index contributed by atoms with van der Waals surface area (Å²) in [4.78, 5) is 25.2. The highest BCUT2D eigenvalue weighted by Gasteiger charge is 2.65. The number of aromatic nitrogens is 2. The molecule has 2 aliphatic rings. The van der Waals surface area contributed by atoms with Crippen LogP contribution in [0.5, 0.6) is 5.88 Å². The summed E-state index contributed by atoms with van der Waals surface area (Å²) in [5.74, 6) is -1.43. The number of alkyl halides is 1. The van der Waals surface area contributed by atoms with Crippen molar-refractivity contribution in [3.63, 3.8) is 0 Å². The van der Waals surface area contributed by atoms with Crippen LogP contribution in [0, 0.1) is 12.7 Å². The number of hydrogen-bond donors (Lipinski definition) is 2. The number of nitrogens with zero attached hydrogens (tertiary/aromatic N) is 3. The molecule has 3 atom stereocenters. The highest BCUT2D eigenvalue weighted by Crippen LogP contribution is 2.52. The average molecular weight is 480 g/mol. The maximum absolute atomic E-state index is 15.0. The van der Waals surface area contributed by atoms with Gasteiger partial charge < -0.3 is 15.8 Å². The van der Waals surface area contributed by atoms with Crippen molar-refractivity contribution in [1.82, 2.24) is 9.97 Å². The van der Waals surface area contributed by atoms with E-state index in [4.69, 9.17) is 10.5 Å². The van der Waals surface area contributed by atoms with Crippen LogP contribution in [0.25, 0.3) is 0 Å². The normalized spacial score (nSPS) is 27.7. The lowest BCUT2D eigenvalue weighted by Gasteiger charge is -2.39. The van der Waals surface area contributed by atoms with E-state index < -0.39 is 43.8 Å². The number of ether oxygens (including phenoxy) is 1. The van der Waals surface area contributed by atoms with E-state index in [0.29, 0.717) is 5.69 Å². The first-order valence-corrected chi connectivity index (χ1v) is 11.7. The number of aliphatic imine (C=N–C) groups is 1. The number of halogens is 2. The lowest BCUT2D eigenvalue weighted by molar-refractivity contribution is 0.102. The first-order valence-electron chi connectivity index (χ1n) is 10.1. The Morgan fingerprint density at radius 3 is 2.76 bits per heavy atom. The van der Waals surface area contributed by atoms with Gasteiger partial charge in [0.2, 0.25) is 5.88 Å².